The molecule has 9 aromatic rings. The Morgan fingerprint density at radius 1 is 0.365 bits per heavy atom. The van der Waals surface area contributed by atoms with Gasteiger partial charge in [-0.1, -0.05) is 109 Å². The molecule has 0 atom stereocenters. The highest BCUT2D eigenvalue weighted by molar-refractivity contribution is 6.23. The van der Waals surface area contributed by atoms with Crippen LogP contribution >= 0.6 is 0 Å². The monoisotopic (exact) mass is 662 g/mol. The van der Waals surface area contributed by atoms with Crippen LogP contribution in [0, 0.1) is 22.7 Å². The molecule has 0 spiro atoms. The number of pyridine rings is 1. The maximum absolute atomic E-state index is 9.73. The lowest BCUT2D eigenvalue weighted by Crippen LogP contribution is -2.00. The molecule has 0 unspecified atom stereocenters. The predicted molar refractivity (Wildman–Crippen MR) is 207 cm³/mol. The summed E-state index contributed by atoms with van der Waals surface area (Å²) in [5.41, 5.74) is 8.14. The smallest absolute Gasteiger partial charge is 0.164 e. The summed E-state index contributed by atoms with van der Waals surface area (Å²) in [5, 5.41) is 24.7. The van der Waals surface area contributed by atoms with Gasteiger partial charge in [-0.25, -0.2) is 15.0 Å². The van der Waals surface area contributed by atoms with Gasteiger partial charge in [-0.15, -0.1) is 0 Å². The van der Waals surface area contributed by atoms with Gasteiger partial charge in [0.15, 0.2) is 17.5 Å². The van der Waals surface area contributed by atoms with E-state index in [4.69, 9.17) is 19.9 Å². The van der Waals surface area contributed by atoms with Crippen molar-refractivity contribution < 1.29 is 0 Å². The molecular formula is C46H26N6. The molecule has 6 heteroatoms. The van der Waals surface area contributed by atoms with Crippen LogP contribution in [0.1, 0.15) is 11.1 Å². The number of nitrogens with zero attached hydrogens (tertiary/aromatic N) is 6. The fourth-order valence-corrected chi connectivity index (χ4v) is 6.96. The first kappa shape index (κ1) is 30.5. The molecule has 52 heavy (non-hydrogen) atoms. The van der Waals surface area contributed by atoms with Crippen molar-refractivity contribution in [1.29, 1.82) is 10.5 Å². The first-order chi connectivity index (χ1) is 25.7. The molecule has 240 valence electrons. The second-order valence-corrected chi connectivity index (χ2v) is 12.5. The summed E-state index contributed by atoms with van der Waals surface area (Å²) in [6, 6.07) is 54.9. The lowest BCUT2D eigenvalue weighted by molar-refractivity contribution is 1.07. The number of hydrogen-bond acceptors (Lipinski definition) is 6. The summed E-state index contributed by atoms with van der Waals surface area (Å²) in [5.74, 6) is 1.82. The molecule has 9 rings (SSSR count). The first-order valence-corrected chi connectivity index (χ1v) is 16.8. The third-order valence-corrected chi connectivity index (χ3v) is 9.36. The fourth-order valence-electron chi connectivity index (χ4n) is 6.96. The number of nitriles is 2. The Hall–Kier alpha value is -7.54. The molecule has 0 amide bonds. The number of aromatic nitrogens is 4. The zero-order valence-electron chi connectivity index (χ0n) is 27.7. The minimum Gasteiger partial charge on any atom is -0.256 e. The molecule has 6 nitrogen and oxygen atoms in total. The highest BCUT2D eigenvalue weighted by Gasteiger charge is 2.18. The van der Waals surface area contributed by atoms with Crippen molar-refractivity contribution in [3.05, 3.63) is 169 Å². The van der Waals surface area contributed by atoms with Crippen LogP contribution in [-0.4, -0.2) is 19.9 Å². The van der Waals surface area contributed by atoms with Crippen LogP contribution in [0.4, 0.5) is 0 Å². The molecule has 0 bridgehead atoms. The number of benzene rings is 7. The summed E-state index contributed by atoms with van der Waals surface area (Å²) < 4.78 is 0. The quantitative estimate of drug-likeness (QED) is 0.170. The van der Waals surface area contributed by atoms with Crippen molar-refractivity contribution in [2.24, 2.45) is 0 Å². The van der Waals surface area contributed by atoms with Gasteiger partial charge in [0.25, 0.3) is 0 Å². The summed E-state index contributed by atoms with van der Waals surface area (Å²) >= 11 is 0. The van der Waals surface area contributed by atoms with Crippen molar-refractivity contribution in [3.8, 4) is 68.6 Å². The summed E-state index contributed by atoms with van der Waals surface area (Å²) in [4.78, 5) is 19.7. The Bertz CT molecular complexity index is 2830. The van der Waals surface area contributed by atoms with E-state index in [1.54, 1.807) is 12.3 Å². The van der Waals surface area contributed by atoms with Gasteiger partial charge in [0.2, 0.25) is 0 Å². The van der Waals surface area contributed by atoms with Crippen LogP contribution in [-0.2, 0) is 0 Å². The Balaban J connectivity index is 1.26. The Morgan fingerprint density at radius 2 is 0.885 bits per heavy atom. The van der Waals surface area contributed by atoms with E-state index in [-0.39, 0.29) is 0 Å². The van der Waals surface area contributed by atoms with Crippen LogP contribution in [0.5, 0.6) is 0 Å². The van der Waals surface area contributed by atoms with Gasteiger partial charge in [0.1, 0.15) is 0 Å². The summed E-state index contributed by atoms with van der Waals surface area (Å²) in [6.07, 6.45) is 1.78. The summed E-state index contributed by atoms with van der Waals surface area (Å²) in [7, 11) is 0. The fraction of sp³-hybridized carbons (Fsp3) is 0. The van der Waals surface area contributed by atoms with E-state index in [9.17, 15) is 10.5 Å². The molecule has 0 N–H and O–H groups in total. The molecule has 0 radical (unpaired) electrons. The largest absolute Gasteiger partial charge is 0.256 e. The van der Waals surface area contributed by atoms with E-state index in [1.165, 1.54) is 0 Å². The zero-order chi connectivity index (χ0) is 35.0. The third kappa shape index (κ3) is 5.38. The molecule has 2 aromatic heterocycles. The van der Waals surface area contributed by atoms with Crippen LogP contribution in [0.2, 0.25) is 0 Å². The molecule has 0 aliphatic carbocycles. The van der Waals surface area contributed by atoms with Gasteiger partial charge in [-0.2, -0.15) is 10.5 Å². The minimum atomic E-state index is 0.434. The molecule has 0 aliphatic heterocycles. The minimum absolute atomic E-state index is 0.434. The lowest BCUT2D eigenvalue weighted by Gasteiger charge is -2.16. The molecule has 7 aromatic carbocycles. The standard InChI is InChI=1S/C46H26N6/c47-27-29-21-30(28-48)23-35(22-29)40-26-41-37-18-8-7-17-36(37)39(25-42(41)38-19-10-20-49-43(38)40)33-15-9-16-34(24-33)46-51-44(31-11-3-1-4-12-31)50-45(52-46)32-13-5-2-6-14-32/h1-26H. The predicted octanol–water partition coefficient (Wildman–Crippen LogP) is 10.8. The number of fused-ring (bicyclic) bond motifs is 5. The van der Waals surface area contributed by atoms with E-state index in [0.717, 1.165) is 71.4 Å². The summed E-state index contributed by atoms with van der Waals surface area (Å²) in [6.45, 7) is 0. The van der Waals surface area contributed by atoms with Crippen molar-refractivity contribution in [1.82, 2.24) is 19.9 Å². The lowest BCUT2D eigenvalue weighted by atomic mass is 9.88. The van der Waals surface area contributed by atoms with Crippen LogP contribution in [0.25, 0.3) is 88.9 Å². The van der Waals surface area contributed by atoms with Gasteiger partial charge in [-0.05, 0) is 80.7 Å². The van der Waals surface area contributed by atoms with Gasteiger partial charge in [0.05, 0.1) is 28.8 Å². The molecule has 2 heterocycles. The number of hydrogen-bond donors (Lipinski definition) is 0. The van der Waals surface area contributed by atoms with Gasteiger partial charge < -0.3 is 0 Å². The van der Waals surface area contributed by atoms with Crippen LogP contribution < -0.4 is 0 Å². The van der Waals surface area contributed by atoms with E-state index in [2.05, 4.69) is 72.8 Å². The maximum atomic E-state index is 9.73. The van der Waals surface area contributed by atoms with Gasteiger partial charge >= 0.3 is 0 Å². The first-order valence-electron chi connectivity index (χ1n) is 16.8. The van der Waals surface area contributed by atoms with Crippen molar-refractivity contribution in [2.75, 3.05) is 0 Å². The topological polar surface area (TPSA) is 99.1 Å². The average molecular weight is 663 g/mol. The van der Waals surface area contributed by atoms with Crippen LogP contribution in [0.15, 0.2) is 158 Å². The average Bonchev–Trinajstić information content (AvgIpc) is 3.23. The van der Waals surface area contributed by atoms with E-state index in [0.29, 0.717) is 28.6 Å². The molecule has 0 saturated carbocycles. The highest BCUT2D eigenvalue weighted by Crippen LogP contribution is 2.42. The zero-order valence-corrected chi connectivity index (χ0v) is 27.7. The van der Waals surface area contributed by atoms with Crippen molar-refractivity contribution in [2.45, 2.75) is 0 Å². The normalized spacial score (nSPS) is 11.0. The second kappa shape index (κ2) is 12.7. The van der Waals surface area contributed by atoms with Gasteiger partial charge in [0, 0.05) is 33.8 Å². The number of rotatable bonds is 5. The Kier molecular flexibility index (Phi) is 7.47. The SMILES string of the molecule is N#Cc1cc(C#N)cc(-c2cc3c4ccccc4c(-c4cccc(-c5nc(-c6ccccc6)nc(-c6ccccc6)n5)c4)cc3c3cccnc23)c1. The van der Waals surface area contributed by atoms with E-state index < -0.39 is 0 Å². The second-order valence-electron chi connectivity index (χ2n) is 12.5. The van der Waals surface area contributed by atoms with Gasteiger partial charge in [-0.3, -0.25) is 4.98 Å². The van der Waals surface area contributed by atoms with Crippen molar-refractivity contribution in [3.63, 3.8) is 0 Å². The molecular weight excluding hydrogens is 637 g/mol. The van der Waals surface area contributed by atoms with E-state index in [1.807, 2.05) is 84.9 Å². The molecule has 0 aliphatic rings. The van der Waals surface area contributed by atoms with Crippen LogP contribution in [0.3, 0.4) is 0 Å². The molecule has 0 saturated heterocycles. The highest BCUT2D eigenvalue weighted by atomic mass is 15.0. The molecule has 0 fully saturated rings. The Labute approximate surface area is 299 Å². The maximum Gasteiger partial charge on any atom is 0.164 e. The Morgan fingerprint density at radius 3 is 1.54 bits per heavy atom. The van der Waals surface area contributed by atoms with E-state index >= 15 is 0 Å². The van der Waals surface area contributed by atoms with Crippen molar-refractivity contribution >= 4 is 32.4 Å². The third-order valence-electron chi connectivity index (χ3n) is 9.36.